The summed E-state index contributed by atoms with van der Waals surface area (Å²) in [5.41, 5.74) is 7.72. The van der Waals surface area contributed by atoms with Crippen LogP contribution in [0.2, 0.25) is 0 Å². The van der Waals surface area contributed by atoms with Crippen LogP contribution >= 0.6 is 11.3 Å². The first-order valence-electron chi connectivity index (χ1n) is 11.0. The van der Waals surface area contributed by atoms with Gasteiger partial charge in [-0.15, -0.1) is 11.3 Å². The highest BCUT2D eigenvalue weighted by molar-refractivity contribution is 7.16. The van der Waals surface area contributed by atoms with E-state index in [4.69, 9.17) is 15.7 Å². The first-order valence-corrected chi connectivity index (χ1v) is 11.9. The van der Waals surface area contributed by atoms with E-state index >= 15 is 0 Å². The summed E-state index contributed by atoms with van der Waals surface area (Å²) in [4.78, 5) is 41.5. The fraction of sp³-hybridized carbons (Fsp3) is 0.250. The number of nitrogens with two attached hydrogens (primary N) is 1. The van der Waals surface area contributed by atoms with E-state index in [2.05, 4.69) is 10.3 Å². The van der Waals surface area contributed by atoms with Gasteiger partial charge in [0.05, 0.1) is 28.5 Å². The number of aliphatic hydroxyl groups is 1. The lowest BCUT2D eigenvalue weighted by molar-refractivity contribution is -0.122. The summed E-state index contributed by atoms with van der Waals surface area (Å²) in [6.07, 6.45) is 1.56. The molecule has 6 rings (SSSR count). The summed E-state index contributed by atoms with van der Waals surface area (Å²) < 4.78 is 0. The molecule has 5 heterocycles. The number of carbonyl (C=O) groups is 2. The standard InChI is InChI=1S/C24H22N6O3S/c1-24(25)7-8-30(11-16(24)31)23-27-15-5-3-2-4-13(15)19(28-23)18-17(20(32)29-21(18)33)14-10-26-22-12(14)6-9-34-22/h2-6,9-10,16,26,31H,7-8,11,25H2,1H3,(H,29,32,33). The molecule has 2 aliphatic heterocycles. The van der Waals surface area contributed by atoms with Gasteiger partial charge in [-0.05, 0) is 30.9 Å². The van der Waals surface area contributed by atoms with Crippen molar-refractivity contribution in [3.05, 3.63) is 53.2 Å². The van der Waals surface area contributed by atoms with Gasteiger partial charge >= 0.3 is 0 Å². The number of anilines is 1. The van der Waals surface area contributed by atoms with E-state index in [-0.39, 0.29) is 17.7 Å². The molecular weight excluding hydrogens is 452 g/mol. The first kappa shape index (κ1) is 21.0. The Hall–Kier alpha value is -3.60. The SMILES string of the molecule is CC1(N)CCN(c2nc(C3=C(c4c[nH]c5sccc45)C(=O)NC3=O)c3ccccc3n2)CC1O. The number of amides is 2. The molecule has 3 aromatic heterocycles. The molecule has 0 saturated carbocycles. The van der Waals surface area contributed by atoms with Crippen molar-refractivity contribution in [2.45, 2.75) is 25.0 Å². The smallest absolute Gasteiger partial charge is 0.261 e. The number of carbonyl (C=O) groups excluding carboxylic acids is 2. The predicted octanol–water partition coefficient (Wildman–Crippen LogP) is 2.03. The Morgan fingerprint density at radius 2 is 1.94 bits per heavy atom. The summed E-state index contributed by atoms with van der Waals surface area (Å²) in [6.45, 7) is 2.66. The molecule has 0 spiro atoms. The number of hydrogen-bond donors (Lipinski definition) is 4. The Kier molecular flexibility index (Phi) is 4.60. The van der Waals surface area contributed by atoms with E-state index in [9.17, 15) is 14.7 Å². The fourth-order valence-corrected chi connectivity index (χ4v) is 5.39. The highest BCUT2D eigenvalue weighted by Gasteiger charge is 2.38. The maximum Gasteiger partial charge on any atom is 0.261 e. The summed E-state index contributed by atoms with van der Waals surface area (Å²) in [5.74, 6) is -0.562. The van der Waals surface area contributed by atoms with Crippen LogP contribution in [0.5, 0.6) is 0 Å². The molecule has 0 radical (unpaired) electrons. The van der Waals surface area contributed by atoms with Crippen LogP contribution in [0.4, 0.5) is 5.95 Å². The molecule has 1 aromatic carbocycles. The molecule has 4 aromatic rings. The minimum Gasteiger partial charge on any atom is -0.389 e. The number of rotatable bonds is 3. The average molecular weight is 475 g/mol. The van der Waals surface area contributed by atoms with Gasteiger partial charge < -0.3 is 20.7 Å². The number of H-pyrrole nitrogens is 1. The van der Waals surface area contributed by atoms with Crippen LogP contribution in [0.3, 0.4) is 0 Å². The highest BCUT2D eigenvalue weighted by atomic mass is 32.1. The third kappa shape index (κ3) is 3.14. The molecule has 10 heteroatoms. The van der Waals surface area contributed by atoms with Gasteiger partial charge in [-0.3, -0.25) is 14.9 Å². The van der Waals surface area contributed by atoms with Gasteiger partial charge in [0.1, 0.15) is 4.83 Å². The number of aliphatic hydroxyl groups excluding tert-OH is 1. The van der Waals surface area contributed by atoms with Gasteiger partial charge in [-0.1, -0.05) is 18.2 Å². The van der Waals surface area contributed by atoms with Crippen LogP contribution in [-0.4, -0.2) is 56.6 Å². The number of aromatic amines is 1. The molecular formula is C24H22N6O3S. The number of imide groups is 1. The molecule has 172 valence electrons. The van der Waals surface area contributed by atoms with Gasteiger partial charge in [0.15, 0.2) is 0 Å². The van der Waals surface area contributed by atoms with Crippen LogP contribution in [0, 0.1) is 0 Å². The van der Waals surface area contributed by atoms with Crippen molar-refractivity contribution in [3.8, 4) is 0 Å². The maximum absolute atomic E-state index is 13.1. The lowest BCUT2D eigenvalue weighted by Gasteiger charge is -2.41. The number of benzene rings is 1. The number of fused-ring (bicyclic) bond motifs is 2. The number of β-amino-alcohol motifs (C(OH)–C–C–N with tert-alkyl or cyclic N) is 1. The number of piperidine rings is 1. The first-order chi connectivity index (χ1) is 16.3. The molecule has 5 N–H and O–H groups in total. The summed E-state index contributed by atoms with van der Waals surface area (Å²) in [7, 11) is 0. The summed E-state index contributed by atoms with van der Waals surface area (Å²) >= 11 is 1.53. The van der Waals surface area contributed by atoms with Crippen LogP contribution in [0.1, 0.15) is 24.6 Å². The lowest BCUT2D eigenvalue weighted by Crippen LogP contribution is -2.59. The second-order valence-electron chi connectivity index (χ2n) is 9.01. The number of nitrogens with one attached hydrogen (secondary N) is 2. The van der Waals surface area contributed by atoms with E-state index in [0.717, 1.165) is 10.2 Å². The molecule has 9 nitrogen and oxygen atoms in total. The predicted molar refractivity (Wildman–Crippen MR) is 131 cm³/mol. The molecule has 0 aliphatic carbocycles. The Balaban J connectivity index is 1.57. The fourth-order valence-electron chi connectivity index (χ4n) is 4.62. The van der Waals surface area contributed by atoms with Crippen molar-refractivity contribution in [2.75, 3.05) is 18.0 Å². The third-order valence-electron chi connectivity index (χ3n) is 6.69. The Morgan fingerprint density at radius 3 is 2.76 bits per heavy atom. The zero-order valence-electron chi connectivity index (χ0n) is 18.3. The van der Waals surface area contributed by atoms with E-state index in [1.165, 1.54) is 11.3 Å². The number of aromatic nitrogens is 3. The van der Waals surface area contributed by atoms with Crippen molar-refractivity contribution in [1.29, 1.82) is 0 Å². The topological polar surface area (TPSA) is 137 Å². The van der Waals surface area contributed by atoms with Crippen LogP contribution in [0.15, 0.2) is 41.9 Å². The van der Waals surface area contributed by atoms with E-state index in [0.29, 0.717) is 41.1 Å². The van der Waals surface area contributed by atoms with E-state index < -0.39 is 23.5 Å². The minimum atomic E-state index is -0.752. The van der Waals surface area contributed by atoms with Gasteiger partial charge in [0.25, 0.3) is 11.8 Å². The number of hydrogen-bond acceptors (Lipinski definition) is 8. The van der Waals surface area contributed by atoms with Crippen LogP contribution in [0.25, 0.3) is 32.3 Å². The quantitative estimate of drug-likeness (QED) is 0.333. The molecule has 2 unspecified atom stereocenters. The zero-order valence-corrected chi connectivity index (χ0v) is 19.1. The monoisotopic (exact) mass is 474 g/mol. The molecule has 2 aliphatic rings. The summed E-state index contributed by atoms with van der Waals surface area (Å²) in [5, 5.41) is 16.5. The average Bonchev–Trinajstić information content (AvgIpc) is 3.49. The van der Waals surface area contributed by atoms with Crippen LogP contribution in [-0.2, 0) is 9.59 Å². The zero-order chi connectivity index (χ0) is 23.6. The number of nitrogens with zero attached hydrogens (tertiary/aromatic N) is 3. The van der Waals surface area contributed by atoms with Crippen molar-refractivity contribution in [3.63, 3.8) is 0 Å². The Labute approximate surface area is 198 Å². The van der Waals surface area contributed by atoms with E-state index in [1.54, 1.807) is 6.20 Å². The minimum absolute atomic E-state index is 0.221. The molecule has 1 saturated heterocycles. The number of thiophene rings is 1. The molecule has 2 atom stereocenters. The van der Waals surface area contributed by atoms with Gasteiger partial charge in [-0.25, -0.2) is 9.97 Å². The van der Waals surface area contributed by atoms with Crippen molar-refractivity contribution >= 4 is 61.4 Å². The third-order valence-corrected chi connectivity index (χ3v) is 7.54. The Morgan fingerprint density at radius 1 is 1.15 bits per heavy atom. The number of para-hydroxylation sites is 1. The Bertz CT molecular complexity index is 1520. The van der Waals surface area contributed by atoms with Crippen molar-refractivity contribution in [2.24, 2.45) is 5.73 Å². The van der Waals surface area contributed by atoms with E-state index in [1.807, 2.05) is 47.5 Å². The van der Waals surface area contributed by atoms with Gasteiger partial charge in [0, 0.05) is 41.2 Å². The van der Waals surface area contributed by atoms with Gasteiger partial charge in [0.2, 0.25) is 5.95 Å². The second kappa shape index (κ2) is 7.45. The molecule has 0 bridgehead atoms. The van der Waals surface area contributed by atoms with Crippen molar-refractivity contribution < 1.29 is 14.7 Å². The molecule has 2 amide bonds. The highest BCUT2D eigenvalue weighted by Crippen LogP contribution is 2.38. The van der Waals surface area contributed by atoms with Crippen LogP contribution < -0.4 is 16.0 Å². The maximum atomic E-state index is 13.1. The largest absolute Gasteiger partial charge is 0.389 e. The molecule has 34 heavy (non-hydrogen) atoms. The van der Waals surface area contributed by atoms with Crippen molar-refractivity contribution in [1.82, 2.24) is 20.3 Å². The normalized spacial score (nSPS) is 23.4. The van der Waals surface area contributed by atoms with Gasteiger partial charge in [-0.2, -0.15) is 0 Å². The summed E-state index contributed by atoms with van der Waals surface area (Å²) in [6, 6.07) is 9.33. The lowest BCUT2D eigenvalue weighted by atomic mass is 9.88. The second-order valence-corrected chi connectivity index (χ2v) is 9.92. The molecule has 1 fully saturated rings.